The Morgan fingerprint density at radius 1 is 1.31 bits per heavy atom. The fourth-order valence-corrected chi connectivity index (χ4v) is 4.23. The van der Waals surface area contributed by atoms with Gasteiger partial charge in [0.2, 0.25) is 5.65 Å². The van der Waals surface area contributed by atoms with E-state index >= 15 is 0 Å². The number of ether oxygens (including phenoxy) is 2. The lowest BCUT2D eigenvalue weighted by Gasteiger charge is -2.15. The van der Waals surface area contributed by atoms with Gasteiger partial charge in [-0.15, -0.1) is 0 Å². The van der Waals surface area contributed by atoms with Gasteiger partial charge in [0.05, 0.1) is 29.1 Å². The van der Waals surface area contributed by atoms with Crippen LogP contribution in [0.1, 0.15) is 35.8 Å². The number of aromatic nitrogens is 4. The van der Waals surface area contributed by atoms with Crippen LogP contribution in [-0.4, -0.2) is 55.6 Å². The minimum absolute atomic E-state index is 0.0461. The molecule has 1 saturated heterocycles. The van der Waals surface area contributed by atoms with Gasteiger partial charge in [-0.05, 0) is 31.4 Å². The van der Waals surface area contributed by atoms with Crippen LogP contribution in [0.2, 0.25) is 0 Å². The zero-order chi connectivity index (χ0) is 27.7. The van der Waals surface area contributed by atoms with Crippen molar-refractivity contribution in [2.24, 2.45) is 5.92 Å². The van der Waals surface area contributed by atoms with Crippen molar-refractivity contribution in [2.75, 3.05) is 13.2 Å². The van der Waals surface area contributed by atoms with Crippen LogP contribution in [0.25, 0.3) is 16.9 Å². The van der Waals surface area contributed by atoms with Gasteiger partial charge in [-0.1, -0.05) is 5.16 Å². The van der Waals surface area contributed by atoms with Crippen molar-refractivity contribution in [1.82, 2.24) is 24.8 Å². The molecule has 0 aliphatic carbocycles. The largest absolute Gasteiger partial charge is 0.507 e. The van der Waals surface area contributed by atoms with Crippen molar-refractivity contribution in [3.05, 3.63) is 54.3 Å². The van der Waals surface area contributed by atoms with E-state index in [1.165, 1.54) is 41.2 Å². The molecule has 3 aromatic heterocycles. The lowest BCUT2D eigenvalue weighted by Crippen LogP contribution is -2.39. The number of benzene rings is 1. The van der Waals surface area contributed by atoms with Crippen LogP contribution in [0.4, 0.5) is 13.2 Å². The number of halogens is 3. The Kier molecular flexibility index (Phi) is 6.95. The number of ketones is 1. The second kappa shape index (κ2) is 10.4. The van der Waals surface area contributed by atoms with Crippen LogP contribution in [-0.2, 0) is 15.7 Å². The third kappa shape index (κ3) is 5.41. The average molecular weight is 545 g/mol. The van der Waals surface area contributed by atoms with Gasteiger partial charge in [0.15, 0.2) is 11.5 Å². The summed E-state index contributed by atoms with van der Waals surface area (Å²) in [7, 11) is 0. The first kappa shape index (κ1) is 26.2. The number of nitrogens with one attached hydrogen (secondary N) is 1. The number of imidazole rings is 1. The van der Waals surface area contributed by atoms with E-state index in [1.54, 1.807) is 6.92 Å². The zero-order valence-corrected chi connectivity index (χ0v) is 20.4. The minimum Gasteiger partial charge on any atom is -0.507 e. The lowest BCUT2D eigenvalue weighted by atomic mass is 9.98. The van der Waals surface area contributed by atoms with E-state index in [1.807, 2.05) is 0 Å². The number of fused-ring (bicyclic) bond motifs is 1. The highest BCUT2D eigenvalue weighted by Crippen LogP contribution is 2.37. The Balaban J connectivity index is 1.31. The van der Waals surface area contributed by atoms with Gasteiger partial charge in [0, 0.05) is 38.1 Å². The molecule has 0 saturated carbocycles. The highest BCUT2D eigenvalue weighted by atomic mass is 19.4. The van der Waals surface area contributed by atoms with Crippen LogP contribution < -0.4 is 10.1 Å². The molecule has 5 rings (SSSR count). The van der Waals surface area contributed by atoms with Crippen molar-refractivity contribution in [3.63, 3.8) is 0 Å². The number of carbonyl (C=O) groups is 2. The Morgan fingerprint density at radius 2 is 2.13 bits per heavy atom. The molecule has 1 aliphatic rings. The first-order valence-electron chi connectivity index (χ1n) is 11.9. The minimum atomic E-state index is -4.74. The lowest BCUT2D eigenvalue weighted by molar-refractivity contribution is -0.142. The highest BCUT2D eigenvalue weighted by Gasteiger charge is 2.38. The number of aromatic hydroxyl groups is 1. The molecular weight excluding hydrogens is 523 g/mol. The topological polar surface area (TPSA) is 141 Å². The number of phenolic OH excluding ortho intramolecular Hbond substituents is 1. The van der Waals surface area contributed by atoms with Crippen molar-refractivity contribution < 1.29 is 41.9 Å². The van der Waals surface area contributed by atoms with Crippen LogP contribution in [0.5, 0.6) is 17.4 Å². The van der Waals surface area contributed by atoms with Crippen molar-refractivity contribution in [3.8, 4) is 28.6 Å². The van der Waals surface area contributed by atoms with Crippen LogP contribution in [0.3, 0.4) is 0 Å². The SMILES string of the molecule is C[C@@H](NC(=O)c1ccc(Oc2nccn3c(-c4conc4C(F)(F)F)cnc23)cc1O)C(=O)C[C@@H]1CCOC1. The molecular formula is C25H22F3N5O6. The average Bonchev–Trinajstić information content (AvgIpc) is 3.64. The standard InChI is InChI=1S/C25H22F3N5O6/c1-13(19(34)8-14-4-7-37-11-14)31-23(36)16-3-2-15(9-20(16)35)39-24-22-30-10-18(33(22)6-5-29-24)17-12-38-32-21(17)25(26,27)28/h2-3,5-6,9-10,12-14,35H,4,7-8,11H2,1H3,(H,31,36)/t13-,14+/m1/s1. The van der Waals surface area contributed by atoms with Gasteiger partial charge in [-0.3, -0.25) is 14.0 Å². The summed E-state index contributed by atoms with van der Waals surface area (Å²) in [4.78, 5) is 33.3. The van der Waals surface area contributed by atoms with Crippen LogP contribution in [0, 0.1) is 5.92 Å². The molecule has 204 valence electrons. The molecule has 39 heavy (non-hydrogen) atoms. The molecule has 0 unspecified atom stereocenters. The summed E-state index contributed by atoms with van der Waals surface area (Å²) in [6, 6.07) is 3.13. The molecule has 2 atom stereocenters. The molecule has 1 fully saturated rings. The molecule has 4 aromatic rings. The molecule has 0 bridgehead atoms. The molecule has 2 N–H and O–H groups in total. The van der Waals surface area contributed by atoms with E-state index in [0.717, 1.165) is 12.7 Å². The number of alkyl halides is 3. The van der Waals surface area contributed by atoms with E-state index in [9.17, 15) is 27.9 Å². The van der Waals surface area contributed by atoms with E-state index in [2.05, 4.69) is 25.0 Å². The molecule has 1 aromatic carbocycles. The summed E-state index contributed by atoms with van der Waals surface area (Å²) in [5.74, 6) is -1.04. The quantitative estimate of drug-likeness (QED) is 0.336. The number of Topliss-reactive ketones (excluding diaryl/α,β-unsaturated/α-hetero) is 1. The monoisotopic (exact) mass is 545 g/mol. The highest BCUT2D eigenvalue weighted by molar-refractivity contribution is 6.00. The number of rotatable bonds is 8. The van der Waals surface area contributed by atoms with Crippen molar-refractivity contribution in [1.29, 1.82) is 0 Å². The van der Waals surface area contributed by atoms with Gasteiger partial charge in [0.1, 0.15) is 17.8 Å². The van der Waals surface area contributed by atoms with Gasteiger partial charge in [0.25, 0.3) is 11.8 Å². The second-order valence-electron chi connectivity index (χ2n) is 9.02. The molecule has 0 radical (unpaired) electrons. The van der Waals surface area contributed by atoms with E-state index in [-0.39, 0.29) is 45.8 Å². The smallest absolute Gasteiger partial charge is 0.437 e. The van der Waals surface area contributed by atoms with Crippen LogP contribution >= 0.6 is 0 Å². The fourth-order valence-electron chi connectivity index (χ4n) is 4.23. The fraction of sp³-hybridized carbons (Fsp3) is 0.320. The maximum atomic E-state index is 13.3. The predicted octanol–water partition coefficient (Wildman–Crippen LogP) is 4.02. The Labute approximate surface area is 218 Å². The first-order valence-corrected chi connectivity index (χ1v) is 11.9. The number of hydrogen-bond acceptors (Lipinski definition) is 9. The Bertz CT molecular complexity index is 1530. The zero-order valence-electron chi connectivity index (χ0n) is 20.4. The van der Waals surface area contributed by atoms with Crippen molar-refractivity contribution >= 4 is 17.3 Å². The van der Waals surface area contributed by atoms with Gasteiger partial charge in [-0.2, -0.15) is 13.2 Å². The Morgan fingerprint density at radius 3 is 2.85 bits per heavy atom. The van der Waals surface area contributed by atoms with Crippen molar-refractivity contribution in [2.45, 2.75) is 32.0 Å². The third-order valence-electron chi connectivity index (χ3n) is 6.28. The second-order valence-corrected chi connectivity index (χ2v) is 9.02. The van der Waals surface area contributed by atoms with E-state index < -0.39 is 29.6 Å². The maximum Gasteiger partial charge on any atom is 0.437 e. The van der Waals surface area contributed by atoms with Gasteiger partial charge < -0.3 is 24.4 Å². The van der Waals surface area contributed by atoms with Crippen LogP contribution in [0.15, 0.2) is 47.6 Å². The Hall–Kier alpha value is -4.46. The third-order valence-corrected chi connectivity index (χ3v) is 6.28. The number of hydrogen-bond donors (Lipinski definition) is 2. The summed E-state index contributed by atoms with van der Waals surface area (Å²) in [6.07, 6.45) is 1.11. The molecule has 11 nitrogen and oxygen atoms in total. The summed E-state index contributed by atoms with van der Waals surface area (Å²) in [6.45, 7) is 2.72. The van der Waals surface area contributed by atoms with E-state index in [4.69, 9.17) is 9.47 Å². The summed E-state index contributed by atoms with van der Waals surface area (Å²) < 4.78 is 56.7. The molecule has 1 aliphatic heterocycles. The normalized spacial score (nSPS) is 16.4. The summed E-state index contributed by atoms with van der Waals surface area (Å²) in [5.41, 5.74) is -1.46. The maximum absolute atomic E-state index is 13.3. The molecule has 14 heteroatoms. The van der Waals surface area contributed by atoms with E-state index in [0.29, 0.717) is 19.6 Å². The molecule has 1 amide bonds. The summed E-state index contributed by atoms with van der Waals surface area (Å²) in [5, 5.41) is 16.1. The number of phenols is 1. The molecule has 4 heterocycles. The summed E-state index contributed by atoms with van der Waals surface area (Å²) >= 11 is 0. The molecule has 0 spiro atoms. The first-order chi connectivity index (χ1) is 18.6. The van der Waals surface area contributed by atoms with Gasteiger partial charge >= 0.3 is 6.18 Å². The number of amides is 1. The predicted molar refractivity (Wildman–Crippen MR) is 127 cm³/mol. The van der Waals surface area contributed by atoms with Gasteiger partial charge in [-0.25, -0.2) is 9.97 Å². The number of nitrogens with zero attached hydrogens (tertiary/aromatic N) is 4. The number of carbonyl (C=O) groups excluding carboxylic acids is 2.